The summed E-state index contributed by atoms with van der Waals surface area (Å²) in [7, 11) is 0. The standard InChI is InChI=1S/C12H14N4OS2/c1-2-8-5-3-4-6-9(8)14-10(17)7-18-12-16-15-11(13)19-12/h3-6H,2,7H2,1H3,(H2,13,15)(H,14,17). The minimum atomic E-state index is -0.0559. The van der Waals surface area contributed by atoms with Crippen molar-refractivity contribution in [3.63, 3.8) is 0 Å². The Balaban J connectivity index is 1.90. The molecular formula is C12H14N4OS2. The predicted octanol–water partition coefficient (Wildman–Crippen LogP) is 2.41. The molecule has 1 amide bonds. The van der Waals surface area contributed by atoms with Crippen molar-refractivity contribution in [2.75, 3.05) is 16.8 Å². The molecule has 3 N–H and O–H groups in total. The van der Waals surface area contributed by atoms with Gasteiger partial charge >= 0.3 is 0 Å². The number of aryl methyl sites for hydroxylation is 1. The van der Waals surface area contributed by atoms with E-state index in [1.165, 1.54) is 23.1 Å². The Morgan fingerprint density at radius 1 is 1.42 bits per heavy atom. The molecule has 5 nitrogen and oxygen atoms in total. The van der Waals surface area contributed by atoms with Crippen LogP contribution in [0.3, 0.4) is 0 Å². The lowest BCUT2D eigenvalue weighted by atomic mass is 10.1. The molecule has 0 aliphatic heterocycles. The van der Waals surface area contributed by atoms with E-state index >= 15 is 0 Å². The summed E-state index contributed by atoms with van der Waals surface area (Å²) < 4.78 is 0.705. The van der Waals surface area contributed by atoms with Gasteiger partial charge in [-0.15, -0.1) is 10.2 Å². The van der Waals surface area contributed by atoms with E-state index < -0.39 is 0 Å². The van der Waals surface area contributed by atoms with E-state index in [1.54, 1.807) is 0 Å². The van der Waals surface area contributed by atoms with Gasteiger partial charge in [0, 0.05) is 5.69 Å². The van der Waals surface area contributed by atoms with Crippen molar-refractivity contribution in [2.45, 2.75) is 17.7 Å². The third kappa shape index (κ3) is 3.93. The lowest BCUT2D eigenvalue weighted by molar-refractivity contribution is -0.113. The summed E-state index contributed by atoms with van der Waals surface area (Å²) in [6, 6.07) is 7.79. The smallest absolute Gasteiger partial charge is 0.234 e. The van der Waals surface area contributed by atoms with E-state index in [0.717, 1.165) is 17.7 Å². The quantitative estimate of drug-likeness (QED) is 0.828. The van der Waals surface area contributed by atoms with Gasteiger partial charge in [0.05, 0.1) is 5.75 Å². The first-order chi connectivity index (χ1) is 9.19. The summed E-state index contributed by atoms with van der Waals surface area (Å²) in [6.45, 7) is 2.06. The zero-order valence-corrected chi connectivity index (χ0v) is 12.1. The number of rotatable bonds is 5. The Hall–Kier alpha value is -1.60. The number of benzene rings is 1. The maximum Gasteiger partial charge on any atom is 0.234 e. The first kappa shape index (κ1) is 13.8. The molecule has 1 aromatic heterocycles. The highest BCUT2D eigenvalue weighted by Crippen LogP contribution is 2.23. The zero-order valence-electron chi connectivity index (χ0n) is 10.4. The van der Waals surface area contributed by atoms with Crippen LogP contribution in [0.25, 0.3) is 0 Å². The Bertz CT molecular complexity index is 570. The summed E-state index contributed by atoms with van der Waals surface area (Å²) in [6.07, 6.45) is 0.885. The van der Waals surface area contributed by atoms with Crippen LogP contribution in [0.4, 0.5) is 10.8 Å². The molecule has 0 aliphatic rings. The number of nitrogens with one attached hydrogen (secondary N) is 1. The van der Waals surface area contributed by atoms with Gasteiger partial charge in [0.15, 0.2) is 4.34 Å². The predicted molar refractivity (Wildman–Crippen MR) is 79.5 cm³/mol. The summed E-state index contributed by atoms with van der Waals surface area (Å²) in [5, 5.41) is 10.9. The van der Waals surface area contributed by atoms with Crippen LogP contribution in [0.1, 0.15) is 12.5 Å². The number of amides is 1. The largest absolute Gasteiger partial charge is 0.374 e. The molecule has 7 heteroatoms. The van der Waals surface area contributed by atoms with Crippen LogP contribution in [-0.2, 0) is 11.2 Å². The van der Waals surface area contributed by atoms with Crippen LogP contribution in [0.15, 0.2) is 28.6 Å². The zero-order chi connectivity index (χ0) is 13.7. The summed E-state index contributed by atoms with van der Waals surface area (Å²) >= 11 is 2.62. The van der Waals surface area contributed by atoms with Gasteiger partial charge in [-0.3, -0.25) is 4.79 Å². The van der Waals surface area contributed by atoms with Gasteiger partial charge < -0.3 is 11.1 Å². The van der Waals surface area contributed by atoms with Crippen LogP contribution in [0.5, 0.6) is 0 Å². The Labute approximate surface area is 119 Å². The van der Waals surface area contributed by atoms with Gasteiger partial charge in [0.2, 0.25) is 11.0 Å². The number of nitrogens with two attached hydrogens (primary N) is 1. The van der Waals surface area contributed by atoms with E-state index in [4.69, 9.17) is 5.73 Å². The second kappa shape index (κ2) is 6.53. The SMILES string of the molecule is CCc1ccccc1NC(=O)CSc1nnc(N)s1. The highest BCUT2D eigenvalue weighted by molar-refractivity contribution is 8.01. The van der Waals surface area contributed by atoms with E-state index in [9.17, 15) is 4.79 Å². The lowest BCUT2D eigenvalue weighted by Crippen LogP contribution is -2.15. The number of hydrogen-bond donors (Lipinski definition) is 2. The Morgan fingerprint density at radius 3 is 2.89 bits per heavy atom. The van der Waals surface area contributed by atoms with E-state index in [-0.39, 0.29) is 5.91 Å². The van der Waals surface area contributed by atoms with Crippen LogP contribution >= 0.6 is 23.1 Å². The maximum atomic E-state index is 11.9. The van der Waals surface area contributed by atoms with Gasteiger partial charge in [-0.2, -0.15) is 0 Å². The molecule has 0 fully saturated rings. The molecule has 100 valence electrons. The highest BCUT2D eigenvalue weighted by atomic mass is 32.2. The number of nitrogen functional groups attached to an aromatic ring is 1. The average molecular weight is 294 g/mol. The number of anilines is 2. The minimum Gasteiger partial charge on any atom is -0.374 e. The molecule has 0 aliphatic carbocycles. The molecule has 0 unspecified atom stereocenters. The van der Waals surface area contributed by atoms with Gasteiger partial charge in [0.1, 0.15) is 0 Å². The van der Waals surface area contributed by atoms with Crippen molar-refractivity contribution in [3.05, 3.63) is 29.8 Å². The van der Waals surface area contributed by atoms with Crippen LogP contribution in [0.2, 0.25) is 0 Å². The number of carbonyl (C=O) groups excluding carboxylic acids is 1. The number of aromatic nitrogens is 2. The van der Waals surface area contributed by atoms with Crippen molar-refractivity contribution in [1.29, 1.82) is 0 Å². The normalized spacial score (nSPS) is 10.4. The second-order valence-electron chi connectivity index (χ2n) is 3.75. The summed E-state index contributed by atoms with van der Waals surface area (Å²) in [4.78, 5) is 11.9. The fourth-order valence-electron chi connectivity index (χ4n) is 1.54. The van der Waals surface area contributed by atoms with Crippen molar-refractivity contribution in [2.24, 2.45) is 0 Å². The third-order valence-electron chi connectivity index (χ3n) is 2.42. The Morgan fingerprint density at radius 2 is 2.21 bits per heavy atom. The first-order valence-electron chi connectivity index (χ1n) is 5.78. The number of carbonyl (C=O) groups is 1. The van der Waals surface area contributed by atoms with Crippen LogP contribution in [-0.4, -0.2) is 21.9 Å². The van der Waals surface area contributed by atoms with Gasteiger partial charge in [-0.1, -0.05) is 48.2 Å². The summed E-state index contributed by atoms with van der Waals surface area (Å²) in [5.41, 5.74) is 7.47. The van der Waals surface area contributed by atoms with Crippen molar-refractivity contribution < 1.29 is 4.79 Å². The Kier molecular flexibility index (Phi) is 4.75. The molecule has 0 saturated heterocycles. The number of para-hydroxylation sites is 1. The summed E-state index contributed by atoms with van der Waals surface area (Å²) in [5.74, 6) is 0.242. The molecule has 2 aromatic rings. The fourth-order valence-corrected chi connectivity index (χ4v) is 2.98. The van der Waals surface area contributed by atoms with E-state index in [2.05, 4.69) is 22.4 Å². The van der Waals surface area contributed by atoms with Crippen LogP contribution < -0.4 is 11.1 Å². The first-order valence-corrected chi connectivity index (χ1v) is 7.58. The van der Waals surface area contributed by atoms with E-state index in [0.29, 0.717) is 15.2 Å². The third-order valence-corrected chi connectivity index (χ3v) is 4.31. The molecule has 0 saturated carbocycles. The number of nitrogens with zero attached hydrogens (tertiary/aromatic N) is 2. The molecule has 19 heavy (non-hydrogen) atoms. The molecule has 1 heterocycles. The molecule has 0 atom stereocenters. The number of hydrogen-bond acceptors (Lipinski definition) is 6. The van der Waals surface area contributed by atoms with Crippen molar-refractivity contribution in [3.8, 4) is 0 Å². The second-order valence-corrected chi connectivity index (χ2v) is 5.99. The fraction of sp³-hybridized carbons (Fsp3) is 0.250. The van der Waals surface area contributed by atoms with E-state index in [1.807, 2.05) is 24.3 Å². The van der Waals surface area contributed by atoms with Crippen molar-refractivity contribution in [1.82, 2.24) is 10.2 Å². The lowest BCUT2D eigenvalue weighted by Gasteiger charge is -2.08. The topological polar surface area (TPSA) is 80.9 Å². The molecule has 1 aromatic carbocycles. The molecular weight excluding hydrogens is 280 g/mol. The highest BCUT2D eigenvalue weighted by Gasteiger charge is 2.08. The minimum absolute atomic E-state index is 0.0559. The van der Waals surface area contributed by atoms with Crippen LogP contribution in [0, 0.1) is 0 Å². The van der Waals surface area contributed by atoms with Gasteiger partial charge in [0.25, 0.3) is 0 Å². The van der Waals surface area contributed by atoms with Gasteiger partial charge in [-0.25, -0.2) is 0 Å². The molecule has 2 rings (SSSR count). The molecule has 0 bridgehead atoms. The average Bonchev–Trinajstić information content (AvgIpc) is 2.83. The maximum absolute atomic E-state index is 11.9. The monoisotopic (exact) mass is 294 g/mol. The van der Waals surface area contributed by atoms with Crippen molar-refractivity contribution >= 4 is 39.8 Å². The molecule has 0 radical (unpaired) electrons. The number of thioether (sulfide) groups is 1. The van der Waals surface area contributed by atoms with Gasteiger partial charge in [-0.05, 0) is 18.1 Å². The molecule has 0 spiro atoms.